The second kappa shape index (κ2) is 8.18. The molecule has 2 aromatic heterocycles. The summed E-state index contributed by atoms with van der Waals surface area (Å²) in [4.78, 5) is 31.8. The number of halogens is 1. The summed E-state index contributed by atoms with van der Waals surface area (Å²) in [6.45, 7) is 1.94. The number of carbonyl (C=O) groups excluding carboxylic acids is 1. The van der Waals surface area contributed by atoms with Gasteiger partial charge < -0.3 is 5.32 Å². The van der Waals surface area contributed by atoms with Gasteiger partial charge in [0.25, 0.3) is 11.5 Å². The first kappa shape index (κ1) is 19.4. The molecule has 1 N–H and O–H groups in total. The number of thioether (sulfide) groups is 1. The molecular weight excluding hydrogens is 409 g/mol. The van der Waals surface area contributed by atoms with Crippen LogP contribution in [0.15, 0.2) is 70.5 Å². The zero-order valence-corrected chi connectivity index (χ0v) is 17.0. The van der Waals surface area contributed by atoms with Crippen LogP contribution < -0.4 is 10.9 Å². The molecule has 2 heterocycles. The average molecular weight is 426 g/mol. The summed E-state index contributed by atoms with van der Waals surface area (Å²) in [5, 5.41) is 2.82. The maximum Gasteiger partial charge on any atom is 0.258 e. The van der Waals surface area contributed by atoms with Crippen molar-refractivity contribution in [3.63, 3.8) is 0 Å². The Balaban J connectivity index is 1.53. The quantitative estimate of drug-likeness (QED) is 0.469. The maximum absolute atomic E-state index is 13.4. The molecule has 5 nitrogen and oxygen atoms in total. The lowest BCUT2D eigenvalue weighted by Gasteiger charge is -2.11. The van der Waals surface area contributed by atoms with Gasteiger partial charge in [0.2, 0.25) is 0 Å². The predicted molar refractivity (Wildman–Crippen MR) is 114 cm³/mol. The van der Waals surface area contributed by atoms with Crippen molar-refractivity contribution < 1.29 is 9.18 Å². The third-order valence-corrected chi connectivity index (χ3v) is 6.14. The van der Waals surface area contributed by atoms with Gasteiger partial charge in [-0.25, -0.2) is 9.37 Å². The highest BCUT2D eigenvalue weighted by atomic mass is 32.2. The van der Waals surface area contributed by atoms with Gasteiger partial charge in [-0.2, -0.15) is 0 Å². The van der Waals surface area contributed by atoms with Gasteiger partial charge in [0.15, 0.2) is 4.96 Å². The van der Waals surface area contributed by atoms with Gasteiger partial charge in [-0.15, -0.1) is 23.1 Å². The van der Waals surface area contributed by atoms with Crippen LogP contribution in [0.4, 0.5) is 10.1 Å². The van der Waals surface area contributed by atoms with E-state index in [-0.39, 0.29) is 17.0 Å². The zero-order valence-electron chi connectivity index (χ0n) is 15.4. The Bertz CT molecular complexity index is 1270. The number of nitrogens with zero attached hydrogens (tertiary/aromatic N) is 2. The first-order chi connectivity index (χ1) is 14.0. The minimum Gasteiger partial charge on any atom is -0.321 e. The number of nitrogens with one attached hydrogen (secondary N) is 1. The molecular formula is C21H16FN3O2S2. The molecule has 0 spiro atoms. The monoisotopic (exact) mass is 425 g/mol. The van der Waals surface area contributed by atoms with Crippen LogP contribution >= 0.6 is 23.1 Å². The number of benzene rings is 2. The van der Waals surface area contributed by atoms with E-state index in [2.05, 4.69) is 10.3 Å². The summed E-state index contributed by atoms with van der Waals surface area (Å²) >= 11 is 2.94. The summed E-state index contributed by atoms with van der Waals surface area (Å²) in [5.74, 6) is -0.364. The number of carbonyl (C=O) groups is 1. The molecule has 0 bridgehead atoms. The van der Waals surface area contributed by atoms with Crippen LogP contribution in [0.2, 0.25) is 0 Å². The van der Waals surface area contributed by atoms with Gasteiger partial charge in [0.05, 0.1) is 11.4 Å². The number of amides is 1. The maximum atomic E-state index is 13.4. The van der Waals surface area contributed by atoms with Crippen LogP contribution in [0, 0.1) is 12.7 Å². The second-order valence-corrected chi connectivity index (χ2v) is 8.56. The van der Waals surface area contributed by atoms with E-state index in [0.29, 0.717) is 22.1 Å². The molecule has 0 aliphatic heterocycles. The number of aryl methyl sites for hydroxylation is 1. The molecule has 0 unspecified atom stereocenters. The number of para-hydroxylation sites is 1. The van der Waals surface area contributed by atoms with Crippen molar-refractivity contribution in [1.82, 2.24) is 9.38 Å². The highest BCUT2D eigenvalue weighted by molar-refractivity contribution is 7.98. The number of hydrogen-bond acceptors (Lipinski definition) is 5. The Kier molecular flexibility index (Phi) is 5.46. The highest BCUT2D eigenvalue weighted by Gasteiger charge is 2.11. The third-order valence-electron chi connectivity index (χ3n) is 4.13. The highest BCUT2D eigenvalue weighted by Crippen LogP contribution is 2.30. The molecule has 0 saturated carbocycles. The minimum atomic E-state index is -0.461. The number of aromatic nitrogens is 2. The van der Waals surface area contributed by atoms with E-state index in [0.717, 1.165) is 9.77 Å². The van der Waals surface area contributed by atoms with E-state index in [1.165, 1.54) is 47.4 Å². The van der Waals surface area contributed by atoms with Crippen molar-refractivity contribution in [1.29, 1.82) is 0 Å². The lowest BCUT2D eigenvalue weighted by Crippen LogP contribution is -2.13. The van der Waals surface area contributed by atoms with Gasteiger partial charge in [0.1, 0.15) is 5.82 Å². The van der Waals surface area contributed by atoms with Gasteiger partial charge in [0, 0.05) is 33.4 Å². The van der Waals surface area contributed by atoms with Crippen LogP contribution in [0.25, 0.3) is 4.96 Å². The van der Waals surface area contributed by atoms with E-state index in [9.17, 15) is 14.0 Å². The van der Waals surface area contributed by atoms with E-state index >= 15 is 0 Å². The van der Waals surface area contributed by atoms with Crippen molar-refractivity contribution in [3.05, 3.63) is 93.1 Å². The van der Waals surface area contributed by atoms with Gasteiger partial charge in [-0.3, -0.25) is 14.0 Å². The van der Waals surface area contributed by atoms with Crippen LogP contribution in [-0.2, 0) is 5.75 Å². The van der Waals surface area contributed by atoms with Crippen molar-refractivity contribution in [2.75, 3.05) is 5.32 Å². The minimum absolute atomic E-state index is 0.109. The summed E-state index contributed by atoms with van der Waals surface area (Å²) < 4.78 is 14.9. The molecule has 0 saturated heterocycles. The Morgan fingerprint density at radius 1 is 1.21 bits per heavy atom. The molecule has 0 aliphatic rings. The van der Waals surface area contributed by atoms with E-state index in [4.69, 9.17) is 0 Å². The number of rotatable bonds is 5. The molecule has 0 atom stereocenters. The van der Waals surface area contributed by atoms with E-state index in [1.807, 2.05) is 25.1 Å². The predicted octanol–water partition coefficient (Wildman–Crippen LogP) is 4.75. The smallest absolute Gasteiger partial charge is 0.258 e. The zero-order chi connectivity index (χ0) is 20.4. The fraction of sp³-hybridized carbons (Fsp3) is 0.0952. The van der Waals surface area contributed by atoms with Gasteiger partial charge in [-0.1, -0.05) is 18.2 Å². The SMILES string of the molecule is Cc1cn2c(=O)cc(CSc3ccccc3NC(=O)c3cccc(F)c3)nc2s1. The second-order valence-electron chi connectivity index (χ2n) is 6.33. The summed E-state index contributed by atoms with van der Waals surface area (Å²) in [7, 11) is 0. The number of fused-ring (bicyclic) bond motifs is 1. The fourth-order valence-corrected chi connectivity index (χ4v) is 4.55. The van der Waals surface area contributed by atoms with E-state index in [1.54, 1.807) is 22.7 Å². The summed E-state index contributed by atoms with van der Waals surface area (Å²) in [5.41, 5.74) is 1.44. The van der Waals surface area contributed by atoms with Crippen LogP contribution in [0.1, 0.15) is 20.9 Å². The lowest BCUT2D eigenvalue weighted by molar-refractivity contribution is 0.102. The largest absolute Gasteiger partial charge is 0.321 e. The first-order valence-corrected chi connectivity index (χ1v) is 10.6. The third kappa shape index (κ3) is 4.38. The Hall–Kier alpha value is -2.97. The van der Waals surface area contributed by atoms with Gasteiger partial charge >= 0.3 is 0 Å². The van der Waals surface area contributed by atoms with Crippen LogP contribution in [0.5, 0.6) is 0 Å². The lowest BCUT2D eigenvalue weighted by atomic mass is 10.2. The fourth-order valence-electron chi connectivity index (χ4n) is 2.80. The van der Waals surface area contributed by atoms with Crippen LogP contribution in [-0.4, -0.2) is 15.3 Å². The molecule has 0 radical (unpaired) electrons. The van der Waals surface area contributed by atoms with Crippen molar-refractivity contribution in [2.24, 2.45) is 0 Å². The molecule has 8 heteroatoms. The Labute approximate surface area is 174 Å². The molecule has 0 fully saturated rings. The normalized spacial score (nSPS) is 11.0. The van der Waals surface area contributed by atoms with E-state index < -0.39 is 5.82 Å². The van der Waals surface area contributed by atoms with Crippen molar-refractivity contribution in [2.45, 2.75) is 17.6 Å². The van der Waals surface area contributed by atoms with Gasteiger partial charge in [-0.05, 0) is 37.3 Å². The Morgan fingerprint density at radius 2 is 2.03 bits per heavy atom. The first-order valence-electron chi connectivity index (χ1n) is 8.77. The topological polar surface area (TPSA) is 63.5 Å². The summed E-state index contributed by atoms with van der Waals surface area (Å²) in [6, 6.07) is 14.4. The Morgan fingerprint density at radius 3 is 2.86 bits per heavy atom. The number of thiazole rings is 1. The molecule has 1 amide bonds. The standard InChI is InChI=1S/C21H16FN3O2S2/c1-13-11-25-19(26)10-16(23-21(25)29-13)12-28-18-8-3-2-7-17(18)24-20(27)14-5-4-6-15(22)9-14/h2-11H,12H2,1H3,(H,24,27). The molecule has 146 valence electrons. The van der Waals surface area contributed by atoms with Crippen molar-refractivity contribution in [3.8, 4) is 0 Å². The number of hydrogen-bond donors (Lipinski definition) is 1. The molecule has 2 aromatic carbocycles. The molecule has 29 heavy (non-hydrogen) atoms. The average Bonchev–Trinajstić information content (AvgIpc) is 3.08. The molecule has 4 aromatic rings. The molecule has 0 aliphatic carbocycles. The summed E-state index contributed by atoms with van der Waals surface area (Å²) in [6.07, 6.45) is 1.78. The number of anilines is 1. The van der Waals surface area contributed by atoms with Crippen LogP contribution in [0.3, 0.4) is 0 Å². The molecule has 4 rings (SSSR count). The van der Waals surface area contributed by atoms with Crippen molar-refractivity contribution >= 4 is 39.7 Å².